The summed E-state index contributed by atoms with van der Waals surface area (Å²) in [5, 5.41) is 0. The molecule has 2 aromatic carbocycles. The Morgan fingerprint density at radius 3 is 2.40 bits per heavy atom. The van der Waals surface area contributed by atoms with E-state index in [9.17, 15) is 17.2 Å². The molecular formula is C13H12F2N2O2S. The molecule has 0 heterocycles. The van der Waals surface area contributed by atoms with E-state index in [1.165, 1.54) is 18.2 Å². The molecule has 3 N–H and O–H groups in total. The Hall–Kier alpha value is -2.15. The maximum absolute atomic E-state index is 13.5. The van der Waals surface area contributed by atoms with Gasteiger partial charge < -0.3 is 5.73 Å². The van der Waals surface area contributed by atoms with Crippen molar-refractivity contribution in [2.24, 2.45) is 0 Å². The highest BCUT2D eigenvalue weighted by atomic mass is 32.2. The van der Waals surface area contributed by atoms with Crippen LogP contribution in [0.4, 0.5) is 20.2 Å². The van der Waals surface area contributed by atoms with E-state index in [4.69, 9.17) is 5.73 Å². The summed E-state index contributed by atoms with van der Waals surface area (Å²) in [4.78, 5) is -0.0482. The summed E-state index contributed by atoms with van der Waals surface area (Å²) in [6.45, 7) is 1.66. The van der Waals surface area contributed by atoms with Crippen LogP contribution in [0.1, 0.15) is 5.56 Å². The fraction of sp³-hybridized carbons (Fsp3) is 0.0769. The van der Waals surface area contributed by atoms with Gasteiger partial charge in [-0.3, -0.25) is 4.72 Å². The zero-order chi connectivity index (χ0) is 14.9. The number of aryl methyl sites for hydroxylation is 1. The van der Waals surface area contributed by atoms with Gasteiger partial charge in [0, 0.05) is 11.8 Å². The molecule has 0 amide bonds. The van der Waals surface area contributed by atoms with Crippen LogP contribution in [-0.2, 0) is 10.0 Å². The minimum Gasteiger partial charge on any atom is -0.399 e. The van der Waals surface area contributed by atoms with Crippen molar-refractivity contribution in [3.63, 3.8) is 0 Å². The van der Waals surface area contributed by atoms with E-state index in [0.29, 0.717) is 17.3 Å². The van der Waals surface area contributed by atoms with E-state index in [1.54, 1.807) is 6.92 Å². The van der Waals surface area contributed by atoms with E-state index in [1.807, 2.05) is 0 Å². The van der Waals surface area contributed by atoms with Gasteiger partial charge in [0.25, 0.3) is 10.0 Å². The van der Waals surface area contributed by atoms with Crippen molar-refractivity contribution >= 4 is 21.4 Å². The standard InChI is InChI=1S/C13H12F2N2O2S/c1-8-6-10(3-4-12(8)16)20(18,19)17-13-5-2-9(14)7-11(13)15/h2-7,17H,16H2,1H3. The molecule has 0 unspecified atom stereocenters. The van der Waals surface area contributed by atoms with Crippen molar-refractivity contribution in [1.82, 2.24) is 0 Å². The second-order valence-corrected chi connectivity index (χ2v) is 5.93. The van der Waals surface area contributed by atoms with Gasteiger partial charge in [0.2, 0.25) is 0 Å². The molecule has 0 bridgehead atoms. The lowest BCUT2D eigenvalue weighted by Crippen LogP contribution is -2.14. The van der Waals surface area contributed by atoms with Crippen molar-refractivity contribution in [2.45, 2.75) is 11.8 Å². The Morgan fingerprint density at radius 2 is 1.80 bits per heavy atom. The van der Waals surface area contributed by atoms with Crippen LogP contribution in [0.2, 0.25) is 0 Å². The van der Waals surface area contributed by atoms with Crippen LogP contribution in [0.3, 0.4) is 0 Å². The van der Waals surface area contributed by atoms with Crippen LogP contribution >= 0.6 is 0 Å². The highest BCUT2D eigenvalue weighted by Gasteiger charge is 2.17. The SMILES string of the molecule is Cc1cc(S(=O)(=O)Nc2ccc(F)cc2F)ccc1N. The second-order valence-electron chi connectivity index (χ2n) is 4.25. The van der Waals surface area contributed by atoms with Gasteiger partial charge in [-0.05, 0) is 42.8 Å². The van der Waals surface area contributed by atoms with Crippen LogP contribution in [0.15, 0.2) is 41.3 Å². The predicted molar refractivity (Wildman–Crippen MR) is 72.8 cm³/mol. The molecule has 0 saturated carbocycles. The molecule has 0 aliphatic rings. The highest BCUT2D eigenvalue weighted by molar-refractivity contribution is 7.92. The van der Waals surface area contributed by atoms with E-state index in [0.717, 1.165) is 12.1 Å². The molecule has 0 aromatic heterocycles. The Bertz CT molecular complexity index is 761. The van der Waals surface area contributed by atoms with Crippen LogP contribution in [0.25, 0.3) is 0 Å². The molecule has 0 fully saturated rings. The third-order valence-corrected chi connectivity index (χ3v) is 4.09. The maximum atomic E-state index is 13.5. The van der Waals surface area contributed by atoms with Crippen LogP contribution < -0.4 is 10.5 Å². The molecule has 2 aromatic rings. The lowest BCUT2D eigenvalue weighted by atomic mass is 10.2. The number of nitrogens with one attached hydrogen (secondary N) is 1. The van der Waals surface area contributed by atoms with Gasteiger partial charge in [0.1, 0.15) is 11.6 Å². The molecule has 0 radical (unpaired) electrons. The molecule has 7 heteroatoms. The number of sulfonamides is 1. The summed E-state index contributed by atoms with van der Waals surface area (Å²) in [5.41, 5.74) is 6.34. The van der Waals surface area contributed by atoms with E-state index in [2.05, 4.69) is 4.72 Å². The molecule has 20 heavy (non-hydrogen) atoms. The third-order valence-electron chi connectivity index (χ3n) is 2.73. The smallest absolute Gasteiger partial charge is 0.261 e. The van der Waals surface area contributed by atoms with Gasteiger partial charge in [0.05, 0.1) is 10.6 Å². The first-order valence-corrected chi connectivity index (χ1v) is 7.12. The molecule has 2 rings (SSSR count). The first-order valence-electron chi connectivity index (χ1n) is 5.63. The Kier molecular flexibility index (Phi) is 3.63. The van der Waals surface area contributed by atoms with Gasteiger partial charge in [-0.1, -0.05) is 0 Å². The molecule has 0 aliphatic heterocycles. The van der Waals surface area contributed by atoms with Crippen LogP contribution in [0, 0.1) is 18.6 Å². The van der Waals surface area contributed by atoms with Crippen molar-refractivity contribution in [2.75, 3.05) is 10.5 Å². The summed E-state index contributed by atoms with van der Waals surface area (Å²) in [7, 11) is -3.96. The minimum atomic E-state index is -3.96. The van der Waals surface area contributed by atoms with Crippen molar-refractivity contribution in [1.29, 1.82) is 0 Å². The predicted octanol–water partition coefficient (Wildman–Crippen LogP) is 2.66. The monoisotopic (exact) mass is 298 g/mol. The number of halogens is 2. The van der Waals surface area contributed by atoms with Crippen molar-refractivity contribution < 1.29 is 17.2 Å². The Balaban J connectivity index is 2.38. The topological polar surface area (TPSA) is 72.2 Å². The molecule has 0 aliphatic carbocycles. The molecule has 0 atom stereocenters. The molecule has 106 valence electrons. The van der Waals surface area contributed by atoms with Gasteiger partial charge in [-0.25, -0.2) is 17.2 Å². The zero-order valence-electron chi connectivity index (χ0n) is 10.5. The van der Waals surface area contributed by atoms with Crippen molar-refractivity contribution in [3.8, 4) is 0 Å². The fourth-order valence-corrected chi connectivity index (χ4v) is 2.74. The number of anilines is 2. The summed E-state index contributed by atoms with van der Waals surface area (Å²) < 4.78 is 52.5. The van der Waals surface area contributed by atoms with Gasteiger partial charge in [0.15, 0.2) is 0 Å². The summed E-state index contributed by atoms with van der Waals surface area (Å²) in [5.74, 6) is -1.77. The number of hydrogen-bond donors (Lipinski definition) is 2. The van der Waals surface area contributed by atoms with Gasteiger partial charge >= 0.3 is 0 Å². The Labute approximate surface area is 115 Å². The summed E-state index contributed by atoms with van der Waals surface area (Å²) in [6, 6.07) is 6.73. The normalized spacial score (nSPS) is 11.3. The largest absolute Gasteiger partial charge is 0.399 e. The first kappa shape index (κ1) is 14.3. The van der Waals surface area contributed by atoms with Gasteiger partial charge in [-0.2, -0.15) is 0 Å². The number of nitrogens with two attached hydrogens (primary N) is 1. The average molecular weight is 298 g/mol. The number of nitrogen functional groups attached to an aromatic ring is 1. The second kappa shape index (κ2) is 5.09. The molecular weight excluding hydrogens is 286 g/mol. The number of hydrogen-bond acceptors (Lipinski definition) is 3. The van der Waals surface area contributed by atoms with Crippen molar-refractivity contribution in [3.05, 3.63) is 53.6 Å². The van der Waals surface area contributed by atoms with Crippen LogP contribution in [-0.4, -0.2) is 8.42 Å². The Morgan fingerprint density at radius 1 is 1.10 bits per heavy atom. The molecule has 0 spiro atoms. The van der Waals surface area contributed by atoms with Gasteiger partial charge in [-0.15, -0.1) is 0 Å². The van der Waals surface area contributed by atoms with Crippen LogP contribution in [0.5, 0.6) is 0 Å². The van der Waals surface area contributed by atoms with E-state index in [-0.39, 0.29) is 10.6 Å². The average Bonchev–Trinajstić information content (AvgIpc) is 2.36. The minimum absolute atomic E-state index is 0.0482. The third kappa shape index (κ3) is 2.88. The zero-order valence-corrected chi connectivity index (χ0v) is 11.3. The lowest BCUT2D eigenvalue weighted by Gasteiger charge is -2.10. The molecule has 4 nitrogen and oxygen atoms in total. The van der Waals surface area contributed by atoms with E-state index < -0.39 is 21.7 Å². The van der Waals surface area contributed by atoms with E-state index >= 15 is 0 Å². The number of rotatable bonds is 3. The molecule has 0 saturated heterocycles. The first-order chi connectivity index (χ1) is 9.29. The number of benzene rings is 2. The summed E-state index contributed by atoms with van der Waals surface area (Å²) >= 11 is 0. The summed E-state index contributed by atoms with van der Waals surface area (Å²) in [6.07, 6.45) is 0. The maximum Gasteiger partial charge on any atom is 0.261 e. The fourth-order valence-electron chi connectivity index (χ4n) is 1.59. The lowest BCUT2D eigenvalue weighted by molar-refractivity contribution is 0.583. The quantitative estimate of drug-likeness (QED) is 0.856. The highest BCUT2D eigenvalue weighted by Crippen LogP contribution is 2.22.